The van der Waals surface area contributed by atoms with E-state index < -0.39 is 0 Å². The van der Waals surface area contributed by atoms with Crippen LogP contribution in [0.3, 0.4) is 0 Å². The minimum atomic E-state index is 0.109. The topological polar surface area (TPSA) is 59.2 Å². The van der Waals surface area contributed by atoms with Gasteiger partial charge < -0.3 is 10.6 Å². The number of nitrogen functional groups attached to an aromatic ring is 1. The SMILES string of the molecule is Cc1cc(C(=O)N2CCC3(CCCCC3)CC2)cc(N)n1. The summed E-state index contributed by atoms with van der Waals surface area (Å²) >= 11 is 0. The van der Waals surface area contributed by atoms with Gasteiger partial charge in [0.2, 0.25) is 0 Å². The molecule has 114 valence electrons. The van der Waals surface area contributed by atoms with Crippen molar-refractivity contribution in [3.05, 3.63) is 23.4 Å². The van der Waals surface area contributed by atoms with E-state index in [1.54, 1.807) is 6.07 Å². The summed E-state index contributed by atoms with van der Waals surface area (Å²) < 4.78 is 0. The number of nitrogens with zero attached hydrogens (tertiary/aromatic N) is 2. The average Bonchev–Trinajstić information content (AvgIpc) is 2.47. The summed E-state index contributed by atoms with van der Waals surface area (Å²) in [5, 5.41) is 0. The Labute approximate surface area is 126 Å². The smallest absolute Gasteiger partial charge is 0.254 e. The van der Waals surface area contributed by atoms with Crippen LogP contribution in [0.4, 0.5) is 5.82 Å². The molecule has 4 nitrogen and oxygen atoms in total. The van der Waals surface area contributed by atoms with Crippen LogP contribution in [0.1, 0.15) is 61.0 Å². The van der Waals surface area contributed by atoms with E-state index >= 15 is 0 Å². The van der Waals surface area contributed by atoms with Crippen molar-refractivity contribution in [2.75, 3.05) is 18.8 Å². The van der Waals surface area contributed by atoms with Gasteiger partial charge in [0.05, 0.1) is 0 Å². The zero-order valence-electron chi connectivity index (χ0n) is 12.9. The predicted octanol–water partition coefficient (Wildman–Crippen LogP) is 3.16. The molecule has 0 bridgehead atoms. The number of nitrogens with two attached hydrogens (primary N) is 1. The number of rotatable bonds is 1. The van der Waals surface area contributed by atoms with Gasteiger partial charge in [-0.1, -0.05) is 19.3 Å². The van der Waals surface area contributed by atoms with Crippen LogP contribution in [0.15, 0.2) is 12.1 Å². The summed E-state index contributed by atoms with van der Waals surface area (Å²) in [4.78, 5) is 18.7. The van der Waals surface area contributed by atoms with E-state index in [2.05, 4.69) is 4.98 Å². The molecule has 2 fully saturated rings. The van der Waals surface area contributed by atoms with Crippen LogP contribution in [0, 0.1) is 12.3 Å². The second-order valence-corrected chi connectivity index (χ2v) is 6.77. The zero-order chi connectivity index (χ0) is 14.9. The number of aromatic nitrogens is 1. The van der Waals surface area contributed by atoms with E-state index in [9.17, 15) is 4.79 Å². The molecule has 1 amide bonds. The van der Waals surface area contributed by atoms with E-state index in [0.29, 0.717) is 16.8 Å². The summed E-state index contributed by atoms with van der Waals surface area (Å²) in [7, 11) is 0. The molecule has 2 heterocycles. The molecule has 3 rings (SSSR count). The van der Waals surface area contributed by atoms with E-state index in [-0.39, 0.29) is 5.91 Å². The second-order valence-electron chi connectivity index (χ2n) is 6.77. The van der Waals surface area contributed by atoms with Crippen LogP contribution < -0.4 is 5.73 Å². The van der Waals surface area contributed by atoms with Crippen molar-refractivity contribution in [3.63, 3.8) is 0 Å². The monoisotopic (exact) mass is 287 g/mol. The minimum absolute atomic E-state index is 0.109. The van der Waals surface area contributed by atoms with Gasteiger partial charge in [-0.3, -0.25) is 4.79 Å². The van der Waals surface area contributed by atoms with E-state index in [1.165, 1.54) is 32.1 Å². The van der Waals surface area contributed by atoms with Crippen LogP contribution in [0.25, 0.3) is 0 Å². The average molecular weight is 287 g/mol. The van der Waals surface area contributed by atoms with Gasteiger partial charge in [-0.15, -0.1) is 0 Å². The maximum atomic E-state index is 12.6. The Morgan fingerprint density at radius 3 is 2.43 bits per heavy atom. The highest BCUT2D eigenvalue weighted by Gasteiger charge is 2.36. The van der Waals surface area contributed by atoms with Gasteiger partial charge in [0.25, 0.3) is 5.91 Å². The standard InChI is InChI=1S/C17H25N3O/c1-13-11-14(12-15(18)19-13)16(21)20-9-7-17(8-10-20)5-3-2-4-6-17/h11-12H,2-10H2,1H3,(H2,18,19). The van der Waals surface area contributed by atoms with Crippen molar-refractivity contribution in [3.8, 4) is 0 Å². The van der Waals surface area contributed by atoms with E-state index in [4.69, 9.17) is 5.73 Å². The number of pyridine rings is 1. The molecule has 0 unspecified atom stereocenters. The fourth-order valence-electron chi connectivity index (χ4n) is 3.99. The summed E-state index contributed by atoms with van der Waals surface area (Å²) in [6, 6.07) is 3.53. The first-order valence-electron chi connectivity index (χ1n) is 8.11. The highest BCUT2D eigenvalue weighted by Crippen LogP contribution is 2.44. The minimum Gasteiger partial charge on any atom is -0.384 e. The number of anilines is 1. The molecular formula is C17H25N3O. The number of hydrogen-bond acceptors (Lipinski definition) is 3. The number of piperidine rings is 1. The first-order chi connectivity index (χ1) is 10.1. The van der Waals surface area contributed by atoms with Crippen molar-refractivity contribution in [1.82, 2.24) is 9.88 Å². The van der Waals surface area contributed by atoms with Gasteiger partial charge in [-0.05, 0) is 50.2 Å². The molecule has 2 N–H and O–H groups in total. The normalized spacial score (nSPS) is 21.5. The van der Waals surface area contributed by atoms with Crippen LogP contribution in [-0.2, 0) is 0 Å². The Hall–Kier alpha value is -1.58. The van der Waals surface area contributed by atoms with Crippen LogP contribution in [0.5, 0.6) is 0 Å². The molecule has 2 aliphatic rings. The molecule has 21 heavy (non-hydrogen) atoms. The number of likely N-dealkylation sites (tertiary alicyclic amines) is 1. The first kappa shape index (κ1) is 14.4. The van der Waals surface area contributed by atoms with Crippen molar-refractivity contribution >= 4 is 11.7 Å². The Balaban J connectivity index is 1.67. The molecule has 0 atom stereocenters. The number of carbonyl (C=O) groups excluding carboxylic acids is 1. The summed E-state index contributed by atoms with van der Waals surface area (Å²) in [6.07, 6.45) is 9.17. The lowest BCUT2D eigenvalue weighted by molar-refractivity contribution is 0.0472. The van der Waals surface area contributed by atoms with Gasteiger partial charge in [0, 0.05) is 24.3 Å². The molecule has 1 aliphatic heterocycles. The maximum Gasteiger partial charge on any atom is 0.254 e. The third-order valence-electron chi connectivity index (χ3n) is 5.25. The van der Waals surface area contributed by atoms with Crippen molar-refractivity contribution < 1.29 is 4.79 Å². The summed E-state index contributed by atoms with van der Waals surface area (Å²) in [5.74, 6) is 0.539. The highest BCUT2D eigenvalue weighted by molar-refractivity contribution is 5.95. The molecule has 1 saturated heterocycles. The number of aryl methyl sites for hydroxylation is 1. The molecule has 1 saturated carbocycles. The molecule has 0 radical (unpaired) electrons. The molecule has 1 aliphatic carbocycles. The Morgan fingerprint density at radius 1 is 1.14 bits per heavy atom. The quantitative estimate of drug-likeness (QED) is 0.863. The van der Waals surface area contributed by atoms with Gasteiger partial charge in [-0.2, -0.15) is 0 Å². The highest BCUT2D eigenvalue weighted by atomic mass is 16.2. The van der Waals surface area contributed by atoms with Crippen molar-refractivity contribution in [2.24, 2.45) is 5.41 Å². The summed E-state index contributed by atoms with van der Waals surface area (Å²) in [6.45, 7) is 3.65. The molecule has 1 aromatic heterocycles. The largest absolute Gasteiger partial charge is 0.384 e. The van der Waals surface area contributed by atoms with E-state index in [1.807, 2.05) is 17.9 Å². The fourth-order valence-corrected chi connectivity index (χ4v) is 3.99. The first-order valence-corrected chi connectivity index (χ1v) is 8.11. The molecular weight excluding hydrogens is 262 g/mol. The fraction of sp³-hybridized carbons (Fsp3) is 0.647. The third kappa shape index (κ3) is 3.04. The number of hydrogen-bond donors (Lipinski definition) is 1. The Kier molecular flexibility index (Phi) is 3.87. The Bertz CT molecular complexity index is 505. The number of carbonyl (C=O) groups is 1. The lowest BCUT2D eigenvalue weighted by Gasteiger charge is -2.44. The number of amides is 1. The molecule has 1 aromatic rings. The van der Waals surface area contributed by atoms with Gasteiger partial charge in [0.15, 0.2) is 0 Å². The van der Waals surface area contributed by atoms with Crippen LogP contribution in [0.2, 0.25) is 0 Å². The lowest BCUT2D eigenvalue weighted by atomic mass is 9.68. The predicted molar refractivity (Wildman–Crippen MR) is 84.0 cm³/mol. The Morgan fingerprint density at radius 2 is 1.81 bits per heavy atom. The third-order valence-corrected chi connectivity index (χ3v) is 5.25. The molecule has 4 heteroatoms. The molecule has 0 aromatic carbocycles. The lowest BCUT2D eigenvalue weighted by Crippen LogP contribution is -2.44. The second kappa shape index (κ2) is 5.66. The van der Waals surface area contributed by atoms with Crippen molar-refractivity contribution in [1.29, 1.82) is 0 Å². The zero-order valence-corrected chi connectivity index (χ0v) is 12.9. The summed E-state index contributed by atoms with van der Waals surface area (Å²) in [5.41, 5.74) is 7.77. The van der Waals surface area contributed by atoms with Crippen molar-refractivity contribution in [2.45, 2.75) is 51.9 Å². The van der Waals surface area contributed by atoms with Gasteiger partial charge >= 0.3 is 0 Å². The van der Waals surface area contributed by atoms with Gasteiger partial charge in [-0.25, -0.2) is 4.98 Å². The van der Waals surface area contributed by atoms with Gasteiger partial charge in [0.1, 0.15) is 5.82 Å². The van der Waals surface area contributed by atoms with Crippen LogP contribution in [-0.4, -0.2) is 28.9 Å². The molecule has 1 spiro atoms. The van der Waals surface area contributed by atoms with E-state index in [0.717, 1.165) is 31.6 Å². The van der Waals surface area contributed by atoms with Crippen LogP contribution >= 0.6 is 0 Å². The maximum absolute atomic E-state index is 12.6.